The number of aromatic nitrogens is 2. The Morgan fingerprint density at radius 3 is 2.52 bits per heavy atom. The van der Waals surface area contributed by atoms with Crippen LogP contribution in [0, 0.1) is 0 Å². The van der Waals surface area contributed by atoms with Gasteiger partial charge in [0.1, 0.15) is 17.2 Å². The maximum atomic E-state index is 11.8. The summed E-state index contributed by atoms with van der Waals surface area (Å²) >= 11 is 0. The van der Waals surface area contributed by atoms with Gasteiger partial charge in [0.25, 0.3) is 0 Å². The van der Waals surface area contributed by atoms with Gasteiger partial charge in [0.2, 0.25) is 0 Å². The van der Waals surface area contributed by atoms with Crippen molar-refractivity contribution in [2.75, 3.05) is 19.8 Å². The highest BCUT2D eigenvalue weighted by atomic mass is 16.5. The number of hydrogen-bond acceptors (Lipinski definition) is 6. The number of aryl methyl sites for hydroxylation is 1. The number of benzene rings is 2. The van der Waals surface area contributed by atoms with Crippen molar-refractivity contribution in [1.29, 1.82) is 0 Å². The van der Waals surface area contributed by atoms with Gasteiger partial charge in [0.05, 0.1) is 31.9 Å². The number of para-hydroxylation sites is 1. The summed E-state index contributed by atoms with van der Waals surface area (Å²) in [5.74, 6) is 1.20. The Kier molecular flexibility index (Phi) is 7.92. The van der Waals surface area contributed by atoms with Crippen LogP contribution >= 0.6 is 0 Å². The zero-order valence-electron chi connectivity index (χ0n) is 17.9. The van der Waals surface area contributed by atoms with Gasteiger partial charge in [-0.3, -0.25) is 9.89 Å². The van der Waals surface area contributed by atoms with Gasteiger partial charge in [0, 0.05) is 29.8 Å². The number of H-pyrrole nitrogens is 1. The number of esters is 1. The fraction of sp³-hybridized carbons (Fsp3) is 0.333. The molecule has 31 heavy (non-hydrogen) atoms. The summed E-state index contributed by atoms with van der Waals surface area (Å²) in [6, 6.07) is 12.8. The van der Waals surface area contributed by atoms with E-state index < -0.39 is 0 Å². The first-order chi connectivity index (χ1) is 15.1. The molecular weight excluding hydrogens is 396 g/mol. The van der Waals surface area contributed by atoms with Crippen molar-refractivity contribution in [3.05, 3.63) is 59.8 Å². The maximum Gasteiger partial charge on any atom is 0.310 e. The van der Waals surface area contributed by atoms with Crippen LogP contribution in [-0.2, 0) is 22.4 Å². The van der Waals surface area contributed by atoms with E-state index in [0.29, 0.717) is 43.3 Å². The summed E-state index contributed by atoms with van der Waals surface area (Å²) in [5.41, 5.74) is 3.26. The molecule has 0 saturated carbocycles. The van der Waals surface area contributed by atoms with Crippen LogP contribution in [0.2, 0.25) is 0 Å². The second-order valence-corrected chi connectivity index (χ2v) is 6.94. The molecule has 3 aromatic rings. The first-order valence-corrected chi connectivity index (χ1v) is 10.5. The number of ether oxygens (including phenoxy) is 3. The average Bonchev–Trinajstić information content (AvgIpc) is 3.29. The van der Waals surface area contributed by atoms with Crippen molar-refractivity contribution in [2.24, 2.45) is 0 Å². The zero-order valence-corrected chi connectivity index (χ0v) is 17.9. The zero-order chi connectivity index (χ0) is 22.1. The van der Waals surface area contributed by atoms with Crippen LogP contribution in [0.15, 0.2) is 48.7 Å². The standard InChI is InChI=1S/C24H28N2O5/c1-3-17-14-19(20-10-11-25-26-20)21(27)16-23(17)31-13-7-12-30-22-9-6-5-8-18(22)15-24(28)29-4-2/h5-6,8-11,14,16,27H,3-4,7,12-13,15H2,1-2H3,(H,25,26). The Balaban J connectivity index is 1.54. The number of phenols is 1. The van der Waals surface area contributed by atoms with E-state index in [2.05, 4.69) is 10.2 Å². The third-order valence-electron chi connectivity index (χ3n) is 4.77. The molecule has 0 amide bonds. The molecule has 2 N–H and O–H groups in total. The predicted octanol–water partition coefficient (Wildman–Crippen LogP) is 4.30. The Morgan fingerprint density at radius 1 is 1.03 bits per heavy atom. The third-order valence-corrected chi connectivity index (χ3v) is 4.77. The second kappa shape index (κ2) is 11.1. The van der Waals surface area contributed by atoms with E-state index in [-0.39, 0.29) is 18.1 Å². The van der Waals surface area contributed by atoms with E-state index in [9.17, 15) is 9.90 Å². The number of rotatable bonds is 11. The average molecular weight is 424 g/mol. The van der Waals surface area contributed by atoms with Crippen LogP contribution in [0.3, 0.4) is 0 Å². The van der Waals surface area contributed by atoms with E-state index in [0.717, 1.165) is 23.2 Å². The number of aromatic amines is 1. The fourth-order valence-corrected chi connectivity index (χ4v) is 3.23. The lowest BCUT2D eigenvalue weighted by molar-refractivity contribution is -0.142. The number of nitrogens with zero attached hydrogens (tertiary/aromatic N) is 1. The molecule has 7 nitrogen and oxygen atoms in total. The van der Waals surface area contributed by atoms with Gasteiger partial charge >= 0.3 is 5.97 Å². The number of aromatic hydroxyl groups is 1. The monoisotopic (exact) mass is 424 g/mol. The third kappa shape index (κ3) is 6.01. The second-order valence-electron chi connectivity index (χ2n) is 6.94. The van der Waals surface area contributed by atoms with Crippen molar-refractivity contribution in [1.82, 2.24) is 10.2 Å². The van der Waals surface area contributed by atoms with Crippen LogP contribution in [0.4, 0.5) is 0 Å². The van der Waals surface area contributed by atoms with Gasteiger partial charge in [0.15, 0.2) is 0 Å². The summed E-state index contributed by atoms with van der Waals surface area (Å²) in [4.78, 5) is 11.8. The van der Waals surface area contributed by atoms with E-state index >= 15 is 0 Å². The van der Waals surface area contributed by atoms with Crippen LogP contribution < -0.4 is 9.47 Å². The molecule has 0 unspecified atom stereocenters. The lowest BCUT2D eigenvalue weighted by atomic mass is 10.0. The van der Waals surface area contributed by atoms with Gasteiger partial charge in [-0.25, -0.2) is 0 Å². The van der Waals surface area contributed by atoms with Crippen molar-refractivity contribution in [3.8, 4) is 28.5 Å². The van der Waals surface area contributed by atoms with Crippen LogP contribution in [-0.4, -0.2) is 41.1 Å². The Hall–Kier alpha value is -3.48. The van der Waals surface area contributed by atoms with Gasteiger partial charge in [-0.2, -0.15) is 5.10 Å². The minimum absolute atomic E-state index is 0.139. The van der Waals surface area contributed by atoms with Crippen molar-refractivity contribution < 1.29 is 24.1 Å². The topological polar surface area (TPSA) is 93.7 Å². The van der Waals surface area contributed by atoms with E-state index in [1.165, 1.54) is 0 Å². The molecular formula is C24H28N2O5. The molecule has 1 aromatic heterocycles. The van der Waals surface area contributed by atoms with Crippen LogP contribution in [0.25, 0.3) is 11.3 Å². The first kappa shape index (κ1) is 22.2. The maximum absolute atomic E-state index is 11.8. The summed E-state index contributed by atoms with van der Waals surface area (Å²) < 4.78 is 16.8. The SMILES string of the molecule is CCOC(=O)Cc1ccccc1OCCCOc1cc(O)c(-c2ccn[nH]2)cc1CC. The van der Waals surface area contributed by atoms with E-state index in [4.69, 9.17) is 14.2 Å². The minimum atomic E-state index is -0.271. The molecule has 0 bridgehead atoms. The summed E-state index contributed by atoms with van der Waals surface area (Å²) in [7, 11) is 0. The van der Waals surface area contributed by atoms with Gasteiger partial charge in [-0.15, -0.1) is 0 Å². The highest BCUT2D eigenvalue weighted by Crippen LogP contribution is 2.34. The van der Waals surface area contributed by atoms with E-state index in [1.807, 2.05) is 43.3 Å². The molecule has 0 aliphatic carbocycles. The number of carbonyl (C=O) groups excluding carboxylic acids is 1. The molecule has 0 fully saturated rings. The quantitative estimate of drug-likeness (QED) is 0.352. The first-order valence-electron chi connectivity index (χ1n) is 10.5. The highest BCUT2D eigenvalue weighted by molar-refractivity contribution is 5.73. The normalized spacial score (nSPS) is 10.6. The molecule has 0 saturated heterocycles. The molecule has 0 spiro atoms. The van der Waals surface area contributed by atoms with Crippen molar-refractivity contribution >= 4 is 5.97 Å². The van der Waals surface area contributed by atoms with Crippen molar-refractivity contribution in [2.45, 2.75) is 33.1 Å². The molecule has 2 aromatic carbocycles. The number of nitrogens with one attached hydrogen (secondary N) is 1. The fourth-order valence-electron chi connectivity index (χ4n) is 3.23. The van der Waals surface area contributed by atoms with Crippen molar-refractivity contribution in [3.63, 3.8) is 0 Å². The molecule has 0 atom stereocenters. The van der Waals surface area contributed by atoms with Crippen LogP contribution in [0.5, 0.6) is 17.2 Å². The molecule has 0 aliphatic rings. The Morgan fingerprint density at radius 2 is 1.81 bits per heavy atom. The van der Waals surface area contributed by atoms with Gasteiger partial charge in [-0.05, 0) is 37.1 Å². The largest absolute Gasteiger partial charge is 0.507 e. The lowest BCUT2D eigenvalue weighted by Crippen LogP contribution is -2.10. The van der Waals surface area contributed by atoms with Gasteiger partial charge in [-0.1, -0.05) is 25.1 Å². The summed E-state index contributed by atoms with van der Waals surface area (Å²) in [6.07, 6.45) is 3.26. The Labute approximate surface area is 182 Å². The minimum Gasteiger partial charge on any atom is -0.507 e. The molecule has 0 aliphatic heterocycles. The molecule has 1 heterocycles. The van der Waals surface area contributed by atoms with Gasteiger partial charge < -0.3 is 19.3 Å². The highest BCUT2D eigenvalue weighted by Gasteiger charge is 2.13. The van der Waals surface area contributed by atoms with Crippen LogP contribution in [0.1, 0.15) is 31.4 Å². The summed E-state index contributed by atoms with van der Waals surface area (Å²) in [5, 5.41) is 17.2. The number of hydrogen-bond donors (Lipinski definition) is 2. The molecule has 3 rings (SSSR count). The molecule has 164 valence electrons. The lowest BCUT2D eigenvalue weighted by Gasteiger charge is -2.14. The Bertz CT molecular complexity index is 986. The summed E-state index contributed by atoms with van der Waals surface area (Å²) in [6.45, 7) is 5.07. The predicted molar refractivity (Wildman–Crippen MR) is 117 cm³/mol. The van der Waals surface area contributed by atoms with E-state index in [1.54, 1.807) is 19.2 Å². The molecule has 7 heteroatoms. The number of phenolic OH excluding ortho intramolecular Hbond substituents is 1. The molecule has 0 radical (unpaired) electrons. The number of carbonyl (C=O) groups is 1. The smallest absolute Gasteiger partial charge is 0.310 e.